The number of benzene rings is 2. The molecule has 3 heterocycles. The first-order valence-electron chi connectivity index (χ1n) is 13.6. The number of phenolic OH excluding ortho intramolecular Hbond substituents is 1. The summed E-state index contributed by atoms with van der Waals surface area (Å²) in [5, 5.41) is 20.4. The number of thiazole rings is 1. The van der Waals surface area contributed by atoms with Gasteiger partial charge >= 0.3 is 6.03 Å². The molecule has 1 saturated heterocycles. The Morgan fingerprint density at radius 3 is 2.72 bits per heavy atom. The molecule has 0 spiro atoms. The summed E-state index contributed by atoms with van der Waals surface area (Å²) >= 11 is 2.69. The zero-order valence-electron chi connectivity index (χ0n) is 23.2. The second-order valence-corrected chi connectivity index (χ2v) is 11.9. The SMILES string of the molecule is C=CCNCC(=O)N1[C@@H](NC(=O)NCc2cccs2)CN(Cc2ccc(F)c3scnc23)C(=O)[C@@H]1Cc1ccc(O)cc1. The number of nitrogens with one attached hydrogen (secondary N) is 3. The third-order valence-corrected chi connectivity index (χ3v) is 8.77. The van der Waals surface area contributed by atoms with E-state index in [2.05, 4.69) is 27.5 Å². The van der Waals surface area contributed by atoms with E-state index in [1.54, 1.807) is 34.7 Å². The third-order valence-electron chi connectivity index (χ3n) is 7.06. The number of halogens is 1. The van der Waals surface area contributed by atoms with E-state index in [-0.39, 0.29) is 49.4 Å². The number of phenols is 1. The van der Waals surface area contributed by atoms with Crippen molar-refractivity contribution in [2.45, 2.75) is 31.7 Å². The normalized spacial score (nSPS) is 16.8. The Balaban J connectivity index is 1.46. The van der Waals surface area contributed by atoms with Crippen LogP contribution in [0.2, 0.25) is 0 Å². The predicted octanol–water partition coefficient (Wildman–Crippen LogP) is 3.59. The molecule has 0 unspecified atom stereocenters. The van der Waals surface area contributed by atoms with Crippen molar-refractivity contribution in [1.29, 1.82) is 0 Å². The number of carbonyl (C=O) groups is 3. The number of hydrogen-bond donors (Lipinski definition) is 4. The Morgan fingerprint density at radius 1 is 1.16 bits per heavy atom. The first-order valence-corrected chi connectivity index (χ1v) is 15.4. The van der Waals surface area contributed by atoms with Gasteiger partial charge in [0.2, 0.25) is 11.8 Å². The maximum atomic E-state index is 14.4. The Bertz CT molecular complexity index is 1590. The highest BCUT2D eigenvalue weighted by Crippen LogP contribution is 2.28. The molecular weight excluding hydrogens is 592 g/mol. The number of aromatic nitrogens is 1. The van der Waals surface area contributed by atoms with Crippen molar-refractivity contribution in [3.63, 3.8) is 0 Å². The lowest BCUT2D eigenvalue weighted by atomic mass is 9.99. The molecule has 4 N–H and O–H groups in total. The molecule has 1 aliphatic rings. The van der Waals surface area contributed by atoms with Gasteiger partial charge in [0, 0.05) is 24.4 Å². The molecule has 224 valence electrons. The van der Waals surface area contributed by atoms with Crippen molar-refractivity contribution in [2.24, 2.45) is 0 Å². The minimum atomic E-state index is -0.967. The van der Waals surface area contributed by atoms with Crippen molar-refractivity contribution >= 4 is 50.7 Å². The van der Waals surface area contributed by atoms with Crippen LogP contribution in [0.4, 0.5) is 9.18 Å². The summed E-state index contributed by atoms with van der Waals surface area (Å²) in [5.41, 5.74) is 3.40. The van der Waals surface area contributed by atoms with Crippen LogP contribution in [0.5, 0.6) is 5.75 Å². The maximum absolute atomic E-state index is 14.4. The molecule has 2 aromatic heterocycles. The summed E-state index contributed by atoms with van der Waals surface area (Å²) in [6, 6.07) is 11.7. The third kappa shape index (κ3) is 7.19. The molecule has 2 atom stereocenters. The van der Waals surface area contributed by atoms with E-state index in [1.807, 2.05) is 17.5 Å². The molecule has 1 fully saturated rings. The first-order chi connectivity index (χ1) is 20.8. The highest BCUT2D eigenvalue weighted by Gasteiger charge is 2.43. The van der Waals surface area contributed by atoms with Crippen molar-refractivity contribution < 1.29 is 23.9 Å². The van der Waals surface area contributed by atoms with Crippen LogP contribution in [0.1, 0.15) is 16.0 Å². The van der Waals surface area contributed by atoms with Gasteiger partial charge in [-0.1, -0.05) is 30.3 Å². The quantitative estimate of drug-likeness (QED) is 0.150. The molecule has 43 heavy (non-hydrogen) atoms. The average molecular weight is 623 g/mol. The van der Waals surface area contributed by atoms with Crippen molar-refractivity contribution in [3.05, 3.63) is 93.9 Å². The lowest BCUT2D eigenvalue weighted by Crippen LogP contribution is -2.69. The molecule has 0 radical (unpaired) electrons. The second-order valence-electron chi connectivity index (χ2n) is 9.98. The fourth-order valence-corrected chi connectivity index (χ4v) is 6.43. The molecule has 0 aliphatic carbocycles. The van der Waals surface area contributed by atoms with Crippen LogP contribution >= 0.6 is 22.7 Å². The van der Waals surface area contributed by atoms with Gasteiger partial charge in [0.05, 0.1) is 35.4 Å². The fourth-order valence-electron chi connectivity index (χ4n) is 5.04. The van der Waals surface area contributed by atoms with Crippen molar-refractivity contribution in [3.8, 4) is 5.75 Å². The summed E-state index contributed by atoms with van der Waals surface area (Å²) in [4.78, 5) is 49.2. The Morgan fingerprint density at radius 2 is 1.98 bits per heavy atom. The van der Waals surface area contributed by atoms with E-state index in [9.17, 15) is 23.9 Å². The summed E-state index contributed by atoms with van der Waals surface area (Å²) < 4.78 is 14.8. The van der Waals surface area contributed by atoms with E-state index < -0.39 is 18.2 Å². The average Bonchev–Trinajstić information content (AvgIpc) is 3.70. The molecule has 4 aromatic rings. The van der Waals surface area contributed by atoms with Crippen LogP contribution in [0.15, 0.2) is 72.1 Å². The Labute approximate surface area is 255 Å². The van der Waals surface area contributed by atoms with Crippen molar-refractivity contribution in [1.82, 2.24) is 30.7 Å². The molecular formula is C30H31FN6O4S2. The van der Waals surface area contributed by atoms with Crippen LogP contribution in [0.3, 0.4) is 0 Å². The molecule has 0 bridgehead atoms. The van der Waals surface area contributed by atoms with Crippen LogP contribution < -0.4 is 16.0 Å². The molecule has 13 heteroatoms. The minimum absolute atomic E-state index is 0.00748. The van der Waals surface area contributed by atoms with E-state index >= 15 is 0 Å². The zero-order chi connectivity index (χ0) is 30.3. The largest absolute Gasteiger partial charge is 0.508 e. The van der Waals surface area contributed by atoms with Gasteiger partial charge in [-0.05, 0) is 40.8 Å². The van der Waals surface area contributed by atoms with Gasteiger partial charge in [0.15, 0.2) is 0 Å². The topological polar surface area (TPSA) is 127 Å². The summed E-state index contributed by atoms with van der Waals surface area (Å²) in [6.07, 6.45) is 0.903. The highest BCUT2D eigenvalue weighted by atomic mass is 32.1. The lowest BCUT2D eigenvalue weighted by molar-refractivity contribution is -0.156. The molecule has 5 rings (SSSR count). The number of nitrogens with zero attached hydrogens (tertiary/aromatic N) is 3. The smallest absolute Gasteiger partial charge is 0.316 e. The minimum Gasteiger partial charge on any atom is -0.508 e. The highest BCUT2D eigenvalue weighted by molar-refractivity contribution is 7.16. The molecule has 2 aromatic carbocycles. The van der Waals surface area contributed by atoms with Crippen LogP contribution in [0.25, 0.3) is 10.2 Å². The van der Waals surface area contributed by atoms with Gasteiger partial charge in [0.25, 0.3) is 0 Å². The van der Waals surface area contributed by atoms with Crippen LogP contribution in [-0.4, -0.2) is 69.6 Å². The number of urea groups is 1. The zero-order valence-corrected chi connectivity index (χ0v) is 24.8. The van der Waals surface area contributed by atoms with Crippen LogP contribution in [0, 0.1) is 5.82 Å². The van der Waals surface area contributed by atoms with E-state index in [0.717, 1.165) is 10.4 Å². The predicted molar refractivity (Wildman–Crippen MR) is 164 cm³/mol. The lowest BCUT2D eigenvalue weighted by Gasteiger charge is -2.46. The number of aromatic hydroxyl groups is 1. The standard InChI is InChI=1S/C30H31FN6O4S2/c1-2-11-32-15-26(39)37-24(13-19-5-8-21(38)9-6-19)29(40)36(16-20-7-10-23(31)28-27(20)34-18-43-28)17-25(37)35-30(41)33-14-22-4-3-12-42-22/h2-10,12,18,24-25,32,38H,1,11,13-17H2,(H2,33,35,41)/t24-,25+/m0/s1. The molecule has 10 nitrogen and oxygen atoms in total. The summed E-state index contributed by atoms with van der Waals surface area (Å²) in [6.45, 7) is 4.40. The van der Waals surface area contributed by atoms with Gasteiger partial charge < -0.3 is 30.9 Å². The van der Waals surface area contributed by atoms with Gasteiger partial charge in [-0.2, -0.15) is 0 Å². The van der Waals surface area contributed by atoms with Gasteiger partial charge in [-0.15, -0.1) is 29.3 Å². The Kier molecular flexibility index (Phi) is 9.65. The number of rotatable bonds is 11. The van der Waals surface area contributed by atoms with Crippen molar-refractivity contribution in [2.75, 3.05) is 19.6 Å². The van der Waals surface area contributed by atoms with E-state index in [4.69, 9.17) is 0 Å². The van der Waals surface area contributed by atoms with E-state index in [0.29, 0.717) is 28.9 Å². The second kappa shape index (κ2) is 13.8. The summed E-state index contributed by atoms with van der Waals surface area (Å²) in [5.74, 6) is -1.00. The Hall–Kier alpha value is -4.33. The maximum Gasteiger partial charge on any atom is 0.316 e. The molecule has 1 aliphatic heterocycles. The van der Waals surface area contributed by atoms with Crippen LogP contribution in [-0.2, 0) is 29.1 Å². The molecule has 4 amide bonds. The number of piperazine rings is 1. The number of fused-ring (bicyclic) bond motifs is 1. The fraction of sp³-hybridized carbons (Fsp3) is 0.267. The monoisotopic (exact) mass is 622 g/mol. The van der Waals surface area contributed by atoms with Gasteiger partial charge in [-0.3, -0.25) is 9.59 Å². The van der Waals surface area contributed by atoms with Gasteiger partial charge in [-0.25, -0.2) is 14.2 Å². The number of thiophene rings is 1. The van der Waals surface area contributed by atoms with E-state index in [1.165, 1.54) is 45.8 Å². The number of hydrogen-bond acceptors (Lipinski definition) is 8. The first kappa shape index (κ1) is 30.1. The van der Waals surface area contributed by atoms with Gasteiger partial charge in [0.1, 0.15) is 23.8 Å². The summed E-state index contributed by atoms with van der Waals surface area (Å²) in [7, 11) is 0. The number of carbonyl (C=O) groups excluding carboxylic acids is 3. The molecule has 0 saturated carbocycles. The number of amides is 4.